The first-order valence-corrected chi connectivity index (χ1v) is 5.40. The van der Waals surface area contributed by atoms with Crippen molar-refractivity contribution in [1.82, 2.24) is 4.98 Å². The number of aliphatic hydroxyl groups is 2. The van der Waals surface area contributed by atoms with Crippen LogP contribution >= 0.6 is 0 Å². The molecule has 1 aliphatic heterocycles. The molecule has 1 aliphatic rings. The highest BCUT2D eigenvalue weighted by molar-refractivity contribution is 5.43. The second-order valence-corrected chi connectivity index (χ2v) is 4.28. The van der Waals surface area contributed by atoms with Gasteiger partial charge in [-0.15, -0.1) is 0 Å². The number of nitrogens with zero attached hydrogens (tertiary/aromatic N) is 2. The van der Waals surface area contributed by atoms with E-state index < -0.39 is 12.2 Å². The maximum Gasteiger partial charge on any atom is 0.128 e. The van der Waals surface area contributed by atoms with Crippen molar-refractivity contribution in [3.63, 3.8) is 0 Å². The molecule has 16 heavy (non-hydrogen) atoms. The first kappa shape index (κ1) is 11.3. The Kier molecular flexibility index (Phi) is 3.09. The van der Waals surface area contributed by atoms with Gasteiger partial charge in [-0.1, -0.05) is 0 Å². The predicted octanol–water partition coefficient (Wildman–Crippen LogP) is -0.357. The smallest absolute Gasteiger partial charge is 0.128 e. The molecule has 0 aromatic carbocycles. The van der Waals surface area contributed by atoms with E-state index in [4.69, 9.17) is 5.73 Å². The molecule has 1 fully saturated rings. The van der Waals surface area contributed by atoms with Gasteiger partial charge in [0.1, 0.15) is 5.82 Å². The number of hydrogen-bond donors (Lipinski definition) is 3. The summed E-state index contributed by atoms with van der Waals surface area (Å²) in [5.74, 6) is 0.755. The van der Waals surface area contributed by atoms with Gasteiger partial charge in [0.05, 0.1) is 12.2 Å². The van der Waals surface area contributed by atoms with Crippen LogP contribution < -0.4 is 10.6 Å². The standard InChI is InChI=1S/C11H17N3O2/c1-7(12)8-2-3-13-11(4-8)14-5-9(15)10(16)6-14/h2-4,7,9-10,15-16H,5-6,12H2,1H3. The maximum absolute atomic E-state index is 9.46. The van der Waals surface area contributed by atoms with Crippen LogP contribution in [0.25, 0.3) is 0 Å². The van der Waals surface area contributed by atoms with Crippen LogP contribution in [0, 0.1) is 0 Å². The van der Waals surface area contributed by atoms with E-state index >= 15 is 0 Å². The Balaban J connectivity index is 2.18. The molecule has 0 bridgehead atoms. The van der Waals surface area contributed by atoms with E-state index in [-0.39, 0.29) is 6.04 Å². The fourth-order valence-corrected chi connectivity index (χ4v) is 1.85. The quantitative estimate of drug-likeness (QED) is 0.638. The number of rotatable bonds is 2. The van der Waals surface area contributed by atoms with Crippen molar-refractivity contribution in [3.8, 4) is 0 Å². The summed E-state index contributed by atoms with van der Waals surface area (Å²) in [5.41, 5.74) is 6.79. The van der Waals surface area contributed by atoms with Crippen LogP contribution in [0.1, 0.15) is 18.5 Å². The number of β-amino-alcohol motifs (C(OH)–C–C–N with tert-alkyl or cyclic N) is 2. The largest absolute Gasteiger partial charge is 0.389 e. The van der Waals surface area contributed by atoms with Gasteiger partial charge in [-0.3, -0.25) is 0 Å². The summed E-state index contributed by atoms with van der Waals surface area (Å²) in [7, 11) is 0. The molecule has 1 aromatic heterocycles. The zero-order chi connectivity index (χ0) is 11.7. The fraction of sp³-hybridized carbons (Fsp3) is 0.545. The van der Waals surface area contributed by atoms with Crippen LogP contribution in [0.15, 0.2) is 18.3 Å². The molecular formula is C11H17N3O2. The highest BCUT2D eigenvalue weighted by atomic mass is 16.3. The van der Waals surface area contributed by atoms with Gasteiger partial charge in [-0.25, -0.2) is 4.98 Å². The zero-order valence-electron chi connectivity index (χ0n) is 9.24. The Hall–Kier alpha value is -1.17. The molecule has 0 amide bonds. The van der Waals surface area contributed by atoms with Crippen molar-refractivity contribution in [2.24, 2.45) is 5.73 Å². The summed E-state index contributed by atoms with van der Waals surface area (Å²) in [4.78, 5) is 6.08. The van der Waals surface area contributed by atoms with Crippen molar-refractivity contribution in [2.75, 3.05) is 18.0 Å². The first-order valence-electron chi connectivity index (χ1n) is 5.40. The molecule has 0 radical (unpaired) electrons. The number of nitrogens with two attached hydrogens (primary N) is 1. The highest BCUT2D eigenvalue weighted by Crippen LogP contribution is 2.21. The fourth-order valence-electron chi connectivity index (χ4n) is 1.85. The molecule has 2 rings (SSSR count). The van der Waals surface area contributed by atoms with Crippen LogP contribution in [-0.4, -0.2) is 40.5 Å². The van der Waals surface area contributed by atoms with E-state index in [2.05, 4.69) is 4.98 Å². The summed E-state index contributed by atoms with van der Waals surface area (Å²) in [6, 6.07) is 3.73. The normalized spacial score (nSPS) is 27.1. The number of hydrogen-bond acceptors (Lipinski definition) is 5. The third kappa shape index (κ3) is 2.16. The Morgan fingerprint density at radius 1 is 1.44 bits per heavy atom. The average molecular weight is 223 g/mol. The van der Waals surface area contributed by atoms with Crippen LogP contribution in [0.2, 0.25) is 0 Å². The van der Waals surface area contributed by atoms with Gasteiger partial charge in [-0.2, -0.15) is 0 Å². The predicted molar refractivity (Wildman–Crippen MR) is 61.1 cm³/mol. The number of aliphatic hydroxyl groups excluding tert-OH is 2. The molecule has 4 N–H and O–H groups in total. The third-order valence-corrected chi connectivity index (χ3v) is 2.88. The van der Waals surface area contributed by atoms with E-state index in [0.29, 0.717) is 13.1 Å². The van der Waals surface area contributed by atoms with Gasteiger partial charge in [-0.05, 0) is 24.6 Å². The van der Waals surface area contributed by atoms with Gasteiger partial charge < -0.3 is 20.8 Å². The summed E-state index contributed by atoms with van der Waals surface area (Å²) < 4.78 is 0. The second-order valence-electron chi connectivity index (χ2n) is 4.28. The van der Waals surface area contributed by atoms with E-state index in [0.717, 1.165) is 11.4 Å². The van der Waals surface area contributed by atoms with E-state index in [1.165, 1.54) is 0 Å². The van der Waals surface area contributed by atoms with Gasteiger partial charge in [0.25, 0.3) is 0 Å². The van der Waals surface area contributed by atoms with E-state index in [9.17, 15) is 10.2 Å². The SMILES string of the molecule is CC(N)c1ccnc(N2CC(O)C(O)C2)c1. The van der Waals surface area contributed by atoms with Crippen molar-refractivity contribution >= 4 is 5.82 Å². The lowest BCUT2D eigenvalue weighted by atomic mass is 10.1. The summed E-state index contributed by atoms with van der Waals surface area (Å²) in [6.07, 6.45) is 0.312. The zero-order valence-corrected chi connectivity index (χ0v) is 9.24. The second kappa shape index (κ2) is 4.37. The summed E-state index contributed by atoms with van der Waals surface area (Å²) in [6.45, 7) is 2.74. The van der Waals surface area contributed by atoms with Crippen LogP contribution in [0.5, 0.6) is 0 Å². The first-order chi connectivity index (χ1) is 7.58. The molecule has 0 spiro atoms. The minimum atomic E-state index is -0.694. The average Bonchev–Trinajstić information content (AvgIpc) is 2.59. The van der Waals surface area contributed by atoms with Gasteiger partial charge in [0.2, 0.25) is 0 Å². The molecule has 0 saturated carbocycles. The Morgan fingerprint density at radius 3 is 2.62 bits per heavy atom. The molecule has 2 heterocycles. The van der Waals surface area contributed by atoms with E-state index in [1.54, 1.807) is 6.20 Å². The lowest BCUT2D eigenvalue weighted by molar-refractivity contribution is 0.0572. The number of aromatic nitrogens is 1. The topological polar surface area (TPSA) is 82.6 Å². The molecule has 5 heteroatoms. The van der Waals surface area contributed by atoms with Gasteiger partial charge >= 0.3 is 0 Å². The minimum Gasteiger partial charge on any atom is -0.389 e. The monoisotopic (exact) mass is 223 g/mol. The van der Waals surface area contributed by atoms with Crippen LogP contribution in [0.4, 0.5) is 5.82 Å². The van der Waals surface area contributed by atoms with Crippen LogP contribution in [-0.2, 0) is 0 Å². The van der Waals surface area contributed by atoms with Crippen molar-refractivity contribution in [3.05, 3.63) is 23.9 Å². The van der Waals surface area contributed by atoms with Crippen molar-refractivity contribution in [1.29, 1.82) is 0 Å². The molecule has 1 aromatic rings. The number of anilines is 1. The summed E-state index contributed by atoms with van der Waals surface area (Å²) in [5, 5.41) is 18.9. The molecule has 3 unspecified atom stereocenters. The Bertz CT molecular complexity index is 360. The van der Waals surface area contributed by atoms with Crippen LogP contribution in [0.3, 0.4) is 0 Å². The Labute approximate surface area is 94.5 Å². The molecular weight excluding hydrogens is 206 g/mol. The number of pyridine rings is 1. The molecule has 1 saturated heterocycles. The lowest BCUT2D eigenvalue weighted by Crippen LogP contribution is -2.22. The Morgan fingerprint density at radius 2 is 2.06 bits per heavy atom. The molecule has 3 atom stereocenters. The van der Waals surface area contributed by atoms with Crippen molar-refractivity contribution < 1.29 is 10.2 Å². The lowest BCUT2D eigenvalue weighted by Gasteiger charge is -2.17. The molecule has 5 nitrogen and oxygen atoms in total. The minimum absolute atomic E-state index is 0.0424. The van der Waals surface area contributed by atoms with Gasteiger partial charge in [0.15, 0.2) is 0 Å². The van der Waals surface area contributed by atoms with E-state index in [1.807, 2.05) is 24.0 Å². The maximum atomic E-state index is 9.46. The van der Waals surface area contributed by atoms with Gasteiger partial charge in [0, 0.05) is 25.3 Å². The highest BCUT2D eigenvalue weighted by Gasteiger charge is 2.30. The third-order valence-electron chi connectivity index (χ3n) is 2.88. The summed E-state index contributed by atoms with van der Waals surface area (Å²) >= 11 is 0. The van der Waals surface area contributed by atoms with Crippen molar-refractivity contribution in [2.45, 2.75) is 25.2 Å². The molecule has 88 valence electrons. The molecule has 0 aliphatic carbocycles.